The lowest BCUT2D eigenvalue weighted by atomic mass is 9.89. The molecule has 2 aliphatic rings. The molecule has 1 unspecified atom stereocenters. The maximum Gasteiger partial charge on any atom is 0.252 e. The summed E-state index contributed by atoms with van der Waals surface area (Å²) in [5.41, 5.74) is 1.23. The monoisotopic (exact) mass is 494 g/mol. The van der Waals surface area contributed by atoms with Gasteiger partial charge >= 0.3 is 0 Å². The Morgan fingerprint density at radius 2 is 1.86 bits per heavy atom. The zero-order valence-corrected chi connectivity index (χ0v) is 22.1. The fraction of sp³-hybridized carbons (Fsp3) is 0.630. The molecule has 1 atom stereocenters. The van der Waals surface area contributed by atoms with Gasteiger partial charge in [0.2, 0.25) is 6.79 Å². The van der Waals surface area contributed by atoms with Gasteiger partial charge in [-0.2, -0.15) is 0 Å². The van der Waals surface area contributed by atoms with Gasteiger partial charge in [0.15, 0.2) is 17.3 Å². The number of fused-ring (bicyclic) bond motifs is 2. The Balaban J connectivity index is 1.57. The Morgan fingerprint density at radius 1 is 1.14 bits per heavy atom. The molecule has 1 fully saturated rings. The molecule has 5 rings (SSSR count). The number of aromatic nitrogens is 5. The molecule has 9 nitrogen and oxygen atoms in total. The minimum absolute atomic E-state index is 0.0132. The first-order valence-electron chi connectivity index (χ1n) is 13.3. The number of hydrogen-bond donors (Lipinski definition) is 1. The van der Waals surface area contributed by atoms with Crippen LogP contribution in [0.15, 0.2) is 23.0 Å². The lowest BCUT2D eigenvalue weighted by Gasteiger charge is -2.42. The van der Waals surface area contributed by atoms with E-state index in [0.29, 0.717) is 24.1 Å². The number of hydrogen-bond acceptors (Lipinski definition) is 7. The first kappa shape index (κ1) is 24.7. The third kappa shape index (κ3) is 4.61. The molecular weight excluding hydrogens is 456 g/mol. The van der Waals surface area contributed by atoms with Crippen molar-refractivity contribution in [1.82, 2.24) is 30.1 Å². The summed E-state index contributed by atoms with van der Waals surface area (Å²) < 4.78 is 13.1. The summed E-state index contributed by atoms with van der Waals surface area (Å²) in [6, 6.07) is 6.16. The van der Waals surface area contributed by atoms with Crippen LogP contribution in [-0.2, 0) is 12.1 Å². The predicted molar refractivity (Wildman–Crippen MR) is 138 cm³/mol. The van der Waals surface area contributed by atoms with Crippen LogP contribution >= 0.6 is 0 Å². The van der Waals surface area contributed by atoms with Crippen LogP contribution in [0.3, 0.4) is 0 Å². The summed E-state index contributed by atoms with van der Waals surface area (Å²) in [7, 11) is 0. The summed E-state index contributed by atoms with van der Waals surface area (Å²) in [6.07, 6.45) is 6.82. The van der Waals surface area contributed by atoms with E-state index in [2.05, 4.69) is 60.0 Å². The number of aromatic amines is 1. The Kier molecular flexibility index (Phi) is 6.76. The molecule has 2 aromatic heterocycles. The first-order chi connectivity index (χ1) is 17.3. The van der Waals surface area contributed by atoms with E-state index >= 15 is 0 Å². The number of nitrogens with zero attached hydrogens (tertiary/aromatic N) is 5. The van der Waals surface area contributed by atoms with E-state index < -0.39 is 0 Å². The topological polar surface area (TPSA) is 98.2 Å². The highest BCUT2D eigenvalue weighted by atomic mass is 16.7. The number of nitrogens with one attached hydrogen (secondary N) is 1. The molecule has 9 heteroatoms. The number of ether oxygens (including phenoxy) is 2. The van der Waals surface area contributed by atoms with Gasteiger partial charge in [-0.05, 0) is 61.6 Å². The van der Waals surface area contributed by atoms with E-state index in [0.717, 1.165) is 41.6 Å². The van der Waals surface area contributed by atoms with E-state index in [4.69, 9.17) is 9.47 Å². The molecule has 1 aromatic carbocycles. The molecule has 3 heterocycles. The summed E-state index contributed by atoms with van der Waals surface area (Å²) in [4.78, 5) is 18.9. The van der Waals surface area contributed by atoms with Gasteiger partial charge in [-0.1, -0.05) is 40.0 Å². The molecule has 0 spiro atoms. The molecule has 0 radical (unpaired) electrons. The Morgan fingerprint density at radius 3 is 2.56 bits per heavy atom. The van der Waals surface area contributed by atoms with E-state index in [1.54, 1.807) is 0 Å². The van der Waals surface area contributed by atoms with E-state index in [1.807, 2.05) is 22.9 Å². The minimum Gasteiger partial charge on any atom is -0.454 e. The maximum atomic E-state index is 13.3. The van der Waals surface area contributed by atoms with Crippen molar-refractivity contribution in [2.24, 2.45) is 5.92 Å². The molecule has 194 valence electrons. The second-order valence-electron chi connectivity index (χ2n) is 11.2. The zero-order chi connectivity index (χ0) is 25.4. The van der Waals surface area contributed by atoms with Gasteiger partial charge in [0.25, 0.3) is 5.56 Å². The first-order valence-corrected chi connectivity index (χ1v) is 13.3. The van der Waals surface area contributed by atoms with Crippen LogP contribution in [0.5, 0.6) is 11.5 Å². The van der Waals surface area contributed by atoms with Gasteiger partial charge in [0.1, 0.15) is 0 Å². The van der Waals surface area contributed by atoms with Crippen molar-refractivity contribution in [1.29, 1.82) is 0 Å². The molecule has 1 saturated carbocycles. The lowest BCUT2D eigenvalue weighted by molar-refractivity contribution is 0.0572. The number of pyridine rings is 1. The highest BCUT2D eigenvalue weighted by Crippen LogP contribution is 2.38. The Labute approximate surface area is 212 Å². The summed E-state index contributed by atoms with van der Waals surface area (Å²) in [5, 5.41) is 14.0. The van der Waals surface area contributed by atoms with Gasteiger partial charge in [-0.25, -0.2) is 4.68 Å². The van der Waals surface area contributed by atoms with Crippen LogP contribution < -0.4 is 15.0 Å². The highest BCUT2D eigenvalue weighted by molar-refractivity contribution is 5.83. The lowest BCUT2D eigenvalue weighted by Crippen LogP contribution is -2.44. The van der Waals surface area contributed by atoms with E-state index in [9.17, 15) is 4.79 Å². The van der Waals surface area contributed by atoms with Crippen LogP contribution in [0.4, 0.5) is 0 Å². The van der Waals surface area contributed by atoms with Crippen LogP contribution in [0.25, 0.3) is 10.9 Å². The van der Waals surface area contributed by atoms with Crippen LogP contribution in [0.2, 0.25) is 0 Å². The fourth-order valence-corrected chi connectivity index (χ4v) is 5.61. The third-order valence-electron chi connectivity index (χ3n) is 8.00. The van der Waals surface area contributed by atoms with Crippen LogP contribution in [0.1, 0.15) is 90.6 Å². The summed E-state index contributed by atoms with van der Waals surface area (Å²) in [6.45, 7) is 11.7. The van der Waals surface area contributed by atoms with E-state index in [1.165, 1.54) is 19.3 Å². The van der Waals surface area contributed by atoms with Gasteiger partial charge < -0.3 is 14.5 Å². The standard InChI is InChI=1S/C27H38N6O3/c1-6-27(4,5)33-25(29-30-31-33)24(17(2)3)32(20-10-8-7-9-11-20)15-19-12-18-13-22-23(36-16-35-22)14-21(18)28-26(19)34/h12-14,17,20,24H,6-11,15-16H2,1-5H3,(H,28,34). The molecule has 36 heavy (non-hydrogen) atoms. The molecule has 0 amide bonds. The van der Waals surface area contributed by atoms with Crippen LogP contribution in [0, 0.1) is 5.92 Å². The second kappa shape index (κ2) is 9.84. The second-order valence-corrected chi connectivity index (χ2v) is 11.2. The number of tetrazole rings is 1. The maximum absolute atomic E-state index is 13.3. The summed E-state index contributed by atoms with van der Waals surface area (Å²) >= 11 is 0. The molecule has 3 aromatic rings. The normalized spacial score (nSPS) is 17.4. The predicted octanol–water partition coefficient (Wildman–Crippen LogP) is 4.92. The van der Waals surface area contributed by atoms with Crippen molar-refractivity contribution in [2.75, 3.05) is 6.79 Å². The van der Waals surface area contributed by atoms with Crippen molar-refractivity contribution < 1.29 is 9.47 Å². The quantitative estimate of drug-likeness (QED) is 0.475. The molecule has 1 N–H and O–H groups in total. The van der Waals surface area contributed by atoms with E-state index in [-0.39, 0.29) is 29.9 Å². The van der Waals surface area contributed by atoms with Gasteiger partial charge in [0.05, 0.1) is 17.1 Å². The number of rotatable bonds is 8. The number of benzene rings is 1. The smallest absolute Gasteiger partial charge is 0.252 e. The van der Waals surface area contributed by atoms with Crippen molar-refractivity contribution in [3.8, 4) is 11.5 Å². The van der Waals surface area contributed by atoms with Crippen molar-refractivity contribution in [2.45, 2.75) is 97.3 Å². The average molecular weight is 495 g/mol. The molecule has 1 aliphatic heterocycles. The largest absolute Gasteiger partial charge is 0.454 e. The SMILES string of the molecule is CCC(C)(C)n1nnnc1C(C(C)C)N(Cc1cc2cc3c(cc2[nH]c1=O)OCO3)C1CCCCC1. The van der Waals surface area contributed by atoms with Crippen molar-refractivity contribution in [3.05, 3.63) is 39.9 Å². The minimum atomic E-state index is -0.201. The zero-order valence-electron chi connectivity index (χ0n) is 22.1. The molecule has 0 bridgehead atoms. The van der Waals surface area contributed by atoms with Gasteiger partial charge in [0, 0.05) is 29.6 Å². The van der Waals surface area contributed by atoms with Gasteiger partial charge in [-0.15, -0.1) is 5.10 Å². The van der Waals surface area contributed by atoms with Crippen molar-refractivity contribution >= 4 is 10.9 Å². The average Bonchev–Trinajstić information content (AvgIpc) is 3.53. The fourth-order valence-electron chi connectivity index (χ4n) is 5.61. The van der Waals surface area contributed by atoms with Crippen LogP contribution in [-0.4, -0.2) is 42.9 Å². The summed E-state index contributed by atoms with van der Waals surface area (Å²) in [5.74, 6) is 2.52. The molecular formula is C27H38N6O3. The van der Waals surface area contributed by atoms with Gasteiger partial charge in [-0.3, -0.25) is 9.69 Å². The Hall–Kier alpha value is -2.94. The highest BCUT2D eigenvalue weighted by Gasteiger charge is 2.37. The number of H-pyrrole nitrogens is 1. The molecule has 1 aliphatic carbocycles. The third-order valence-corrected chi connectivity index (χ3v) is 8.00. The Bertz CT molecular complexity index is 1270. The molecule has 0 saturated heterocycles. The van der Waals surface area contributed by atoms with Crippen molar-refractivity contribution in [3.63, 3.8) is 0 Å².